The van der Waals surface area contributed by atoms with E-state index in [1.54, 1.807) is 26.0 Å². The smallest absolute Gasteiger partial charge is 0.306 e. The van der Waals surface area contributed by atoms with E-state index in [0.717, 1.165) is 0 Å². The third-order valence-electron chi connectivity index (χ3n) is 9.41. The quantitative estimate of drug-likeness (QED) is 0.356. The Morgan fingerprint density at radius 1 is 1.08 bits per heavy atom. The zero-order valence-electron chi connectivity index (χ0n) is 22.2. The van der Waals surface area contributed by atoms with Gasteiger partial charge in [0.1, 0.15) is 11.7 Å². The molecule has 4 rings (SSSR count). The SMILES string of the molecule is CCCC(=O)O[C@@H]1[C@@H](C)[C@@]2(O)[C@H](C=C(CO)C[C@]3(O)C(=O)C(C)=C[C@@H]23)[C@@H]2C(C)(C)[C@]12OC(=O)CCC. The van der Waals surface area contributed by atoms with E-state index in [9.17, 15) is 29.7 Å². The normalized spacial score (nSPS) is 42.2. The highest BCUT2D eigenvalue weighted by Gasteiger charge is 2.87. The molecule has 0 radical (unpaired) electrons. The Balaban J connectivity index is 1.92. The molecule has 0 aromatic rings. The van der Waals surface area contributed by atoms with Crippen LogP contribution in [-0.2, 0) is 23.9 Å². The fraction of sp³-hybridized carbons (Fsp3) is 0.750. The minimum Gasteiger partial charge on any atom is -0.458 e. The van der Waals surface area contributed by atoms with Gasteiger partial charge in [-0.2, -0.15) is 0 Å². The van der Waals surface area contributed by atoms with Crippen LogP contribution in [0, 0.1) is 29.1 Å². The molecule has 36 heavy (non-hydrogen) atoms. The van der Waals surface area contributed by atoms with Gasteiger partial charge >= 0.3 is 11.9 Å². The van der Waals surface area contributed by atoms with Gasteiger partial charge in [0, 0.05) is 48.3 Å². The molecule has 4 aliphatic rings. The van der Waals surface area contributed by atoms with E-state index >= 15 is 0 Å². The highest BCUT2D eigenvalue weighted by Crippen LogP contribution is 2.77. The number of Topliss-reactive ketones (excluding diaryl/α,β-unsaturated/α-hetero) is 1. The molecule has 200 valence electrons. The van der Waals surface area contributed by atoms with E-state index in [0.29, 0.717) is 24.0 Å². The number of hydrogen-bond donors (Lipinski definition) is 3. The molecule has 0 bridgehead atoms. The highest BCUT2D eigenvalue weighted by molar-refractivity contribution is 6.04. The molecule has 8 atom stereocenters. The van der Waals surface area contributed by atoms with Crippen molar-refractivity contribution in [2.75, 3.05) is 6.61 Å². The lowest BCUT2D eigenvalue weighted by molar-refractivity contribution is -0.229. The van der Waals surface area contributed by atoms with Gasteiger partial charge in [0.2, 0.25) is 0 Å². The summed E-state index contributed by atoms with van der Waals surface area (Å²) in [6.45, 7) is 10.6. The number of hydrogen-bond acceptors (Lipinski definition) is 8. The van der Waals surface area contributed by atoms with Crippen LogP contribution in [0.25, 0.3) is 0 Å². The fourth-order valence-corrected chi connectivity index (χ4v) is 7.67. The molecular formula is C28H40O8. The van der Waals surface area contributed by atoms with Gasteiger partial charge in [0.15, 0.2) is 11.4 Å². The lowest BCUT2D eigenvalue weighted by atomic mass is 9.59. The summed E-state index contributed by atoms with van der Waals surface area (Å²) in [5.41, 5.74) is -4.69. The van der Waals surface area contributed by atoms with Gasteiger partial charge in [-0.3, -0.25) is 14.4 Å². The lowest BCUT2D eigenvalue weighted by Crippen LogP contribution is -2.66. The van der Waals surface area contributed by atoms with Crippen LogP contribution in [0.2, 0.25) is 0 Å². The standard InChI is InChI=1S/C28H40O8/c1-7-9-20(30)35-24-16(4)27(34)18(22-25(5,6)28(22,24)36-21(31)10-8-2)12-17(14-29)13-26(33)19(27)11-15(3)23(26)32/h11-12,16,18-19,22,24,29,33-34H,7-10,13-14H2,1-6H3/t16-,18-,19-,22-,24-,26-,27-,28-/m1/s1. The van der Waals surface area contributed by atoms with E-state index in [1.165, 1.54) is 0 Å². The van der Waals surface area contributed by atoms with Gasteiger partial charge in [-0.15, -0.1) is 0 Å². The van der Waals surface area contributed by atoms with Crippen molar-refractivity contribution in [3.05, 3.63) is 23.3 Å². The summed E-state index contributed by atoms with van der Waals surface area (Å²) in [6, 6.07) is 0. The number of carbonyl (C=O) groups excluding carboxylic acids is 3. The van der Waals surface area contributed by atoms with Crippen LogP contribution >= 0.6 is 0 Å². The van der Waals surface area contributed by atoms with Crippen LogP contribution in [-0.4, -0.2) is 62.6 Å². The van der Waals surface area contributed by atoms with Crippen LogP contribution in [0.3, 0.4) is 0 Å². The number of rotatable bonds is 7. The summed E-state index contributed by atoms with van der Waals surface area (Å²) >= 11 is 0. The first-order valence-corrected chi connectivity index (χ1v) is 13.2. The van der Waals surface area contributed by atoms with Gasteiger partial charge in [-0.05, 0) is 30.9 Å². The highest BCUT2D eigenvalue weighted by atomic mass is 16.6. The van der Waals surface area contributed by atoms with Crippen molar-refractivity contribution in [3.8, 4) is 0 Å². The molecule has 2 fully saturated rings. The van der Waals surface area contributed by atoms with Crippen molar-refractivity contribution in [1.29, 1.82) is 0 Å². The molecule has 0 aliphatic heterocycles. The molecule has 0 unspecified atom stereocenters. The Hall–Kier alpha value is -2.03. The average molecular weight is 505 g/mol. The summed E-state index contributed by atoms with van der Waals surface area (Å²) in [5, 5.41) is 34.5. The maximum absolute atomic E-state index is 13.2. The van der Waals surface area contributed by atoms with Crippen LogP contribution < -0.4 is 0 Å². The molecule has 0 aromatic heterocycles. The fourth-order valence-electron chi connectivity index (χ4n) is 7.67. The second-order valence-corrected chi connectivity index (χ2v) is 11.8. The largest absolute Gasteiger partial charge is 0.458 e. The van der Waals surface area contributed by atoms with E-state index in [4.69, 9.17) is 9.47 Å². The number of ketones is 1. The number of aliphatic hydroxyl groups is 3. The predicted molar refractivity (Wildman–Crippen MR) is 130 cm³/mol. The van der Waals surface area contributed by atoms with E-state index in [1.807, 2.05) is 27.7 Å². The molecule has 0 heterocycles. The number of aliphatic hydroxyl groups excluding tert-OH is 1. The summed E-state index contributed by atoms with van der Waals surface area (Å²) in [4.78, 5) is 38.8. The van der Waals surface area contributed by atoms with Crippen molar-refractivity contribution in [1.82, 2.24) is 0 Å². The maximum Gasteiger partial charge on any atom is 0.306 e. The zero-order chi connectivity index (χ0) is 26.8. The van der Waals surface area contributed by atoms with Crippen LogP contribution in [0.15, 0.2) is 23.3 Å². The van der Waals surface area contributed by atoms with Gasteiger partial charge < -0.3 is 24.8 Å². The number of carbonyl (C=O) groups is 3. The number of ether oxygens (including phenoxy) is 2. The van der Waals surface area contributed by atoms with Gasteiger partial charge in [-0.25, -0.2) is 0 Å². The molecule has 8 nitrogen and oxygen atoms in total. The first kappa shape index (κ1) is 27.0. The monoisotopic (exact) mass is 504 g/mol. The summed E-state index contributed by atoms with van der Waals surface area (Å²) in [5.74, 6) is -4.22. The first-order chi connectivity index (χ1) is 16.8. The van der Waals surface area contributed by atoms with Crippen molar-refractivity contribution in [2.45, 2.75) is 96.6 Å². The van der Waals surface area contributed by atoms with Crippen molar-refractivity contribution >= 4 is 17.7 Å². The number of esters is 2. The Labute approximate surface area is 212 Å². The molecule has 8 heteroatoms. The predicted octanol–water partition coefficient (Wildman–Crippen LogP) is 2.63. The maximum atomic E-state index is 13.2. The molecule has 2 saturated carbocycles. The third-order valence-corrected chi connectivity index (χ3v) is 9.41. The topological polar surface area (TPSA) is 130 Å². The molecule has 0 spiro atoms. The molecule has 3 N–H and O–H groups in total. The molecule has 0 aromatic carbocycles. The van der Waals surface area contributed by atoms with E-state index in [-0.39, 0.29) is 25.9 Å². The second kappa shape index (κ2) is 8.77. The van der Waals surface area contributed by atoms with Crippen LogP contribution in [0.5, 0.6) is 0 Å². The van der Waals surface area contributed by atoms with Crippen LogP contribution in [0.1, 0.15) is 73.6 Å². The third kappa shape index (κ3) is 3.40. The van der Waals surface area contributed by atoms with Crippen molar-refractivity contribution < 1.29 is 39.2 Å². The summed E-state index contributed by atoms with van der Waals surface area (Å²) < 4.78 is 12.2. The van der Waals surface area contributed by atoms with Gasteiger partial charge in [-0.1, -0.05) is 46.8 Å². The Bertz CT molecular complexity index is 1030. The lowest BCUT2D eigenvalue weighted by Gasteiger charge is -2.53. The minimum absolute atomic E-state index is 0.109. The molecular weight excluding hydrogens is 464 g/mol. The average Bonchev–Trinajstić information content (AvgIpc) is 3.23. The second-order valence-electron chi connectivity index (χ2n) is 11.8. The summed E-state index contributed by atoms with van der Waals surface area (Å²) in [7, 11) is 0. The first-order valence-electron chi connectivity index (χ1n) is 13.2. The van der Waals surface area contributed by atoms with E-state index in [2.05, 4.69) is 0 Å². The summed E-state index contributed by atoms with van der Waals surface area (Å²) in [6.07, 6.45) is 3.85. The van der Waals surface area contributed by atoms with Gasteiger partial charge in [0.05, 0.1) is 12.2 Å². The van der Waals surface area contributed by atoms with Gasteiger partial charge in [0.25, 0.3) is 0 Å². The van der Waals surface area contributed by atoms with Crippen molar-refractivity contribution in [2.24, 2.45) is 29.1 Å². The van der Waals surface area contributed by atoms with Crippen LogP contribution in [0.4, 0.5) is 0 Å². The van der Waals surface area contributed by atoms with E-state index < -0.39 is 69.7 Å². The Kier molecular flexibility index (Phi) is 6.59. The minimum atomic E-state index is -1.92. The van der Waals surface area contributed by atoms with Crippen molar-refractivity contribution in [3.63, 3.8) is 0 Å². The zero-order valence-corrected chi connectivity index (χ0v) is 22.2. The Morgan fingerprint density at radius 2 is 1.69 bits per heavy atom. The number of fused-ring (bicyclic) bond motifs is 5. The Morgan fingerprint density at radius 3 is 2.28 bits per heavy atom. The molecule has 0 saturated heterocycles. The molecule has 0 amide bonds. The molecule has 4 aliphatic carbocycles.